The van der Waals surface area contributed by atoms with Crippen LogP contribution < -0.4 is 10.1 Å². The molecule has 0 atom stereocenters. The zero-order chi connectivity index (χ0) is 15.4. The summed E-state index contributed by atoms with van der Waals surface area (Å²) in [5.41, 5.74) is 0.456. The molecule has 1 amide bonds. The first kappa shape index (κ1) is 14.7. The Morgan fingerprint density at radius 3 is 2.82 bits per heavy atom. The van der Waals surface area contributed by atoms with Crippen molar-refractivity contribution in [3.63, 3.8) is 0 Å². The Labute approximate surface area is 139 Å². The van der Waals surface area contributed by atoms with Crippen LogP contribution in [0.4, 0.5) is 5.13 Å². The predicted molar refractivity (Wildman–Crippen MR) is 90.7 cm³/mol. The SMILES string of the molecule is O=C(Nc1nccs1)c1ccccc1Oc1cccc(Br)c1. The largest absolute Gasteiger partial charge is 0.456 e. The number of hydrogen-bond acceptors (Lipinski definition) is 4. The number of aromatic nitrogens is 1. The summed E-state index contributed by atoms with van der Waals surface area (Å²) in [7, 11) is 0. The minimum atomic E-state index is -0.249. The van der Waals surface area contributed by atoms with E-state index in [-0.39, 0.29) is 5.91 Å². The summed E-state index contributed by atoms with van der Waals surface area (Å²) in [5.74, 6) is 0.902. The molecule has 1 aromatic heterocycles. The molecule has 0 spiro atoms. The van der Waals surface area contributed by atoms with E-state index in [2.05, 4.69) is 26.2 Å². The molecular formula is C16H11BrN2O2S. The highest BCUT2D eigenvalue weighted by Gasteiger charge is 2.14. The van der Waals surface area contributed by atoms with Crippen molar-refractivity contribution in [1.29, 1.82) is 0 Å². The fourth-order valence-electron chi connectivity index (χ4n) is 1.85. The van der Waals surface area contributed by atoms with Crippen LogP contribution in [0.25, 0.3) is 0 Å². The minimum Gasteiger partial charge on any atom is -0.456 e. The molecule has 3 rings (SSSR count). The van der Waals surface area contributed by atoms with Gasteiger partial charge in [0.05, 0.1) is 5.56 Å². The van der Waals surface area contributed by atoms with Gasteiger partial charge in [0, 0.05) is 16.0 Å². The molecule has 4 nitrogen and oxygen atoms in total. The van der Waals surface area contributed by atoms with E-state index in [1.54, 1.807) is 29.8 Å². The van der Waals surface area contributed by atoms with E-state index in [1.165, 1.54) is 11.3 Å². The number of thiazole rings is 1. The van der Waals surface area contributed by atoms with Gasteiger partial charge in [-0.15, -0.1) is 11.3 Å². The van der Waals surface area contributed by atoms with E-state index in [9.17, 15) is 4.79 Å². The lowest BCUT2D eigenvalue weighted by atomic mass is 10.2. The van der Waals surface area contributed by atoms with Crippen molar-refractivity contribution in [3.8, 4) is 11.5 Å². The summed E-state index contributed by atoms with van der Waals surface area (Å²) in [6.45, 7) is 0. The molecule has 0 saturated carbocycles. The molecule has 6 heteroatoms. The fraction of sp³-hybridized carbons (Fsp3) is 0. The van der Waals surface area contributed by atoms with Gasteiger partial charge in [-0.3, -0.25) is 10.1 Å². The molecule has 0 aliphatic heterocycles. The number of rotatable bonds is 4. The van der Waals surface area contributed by atoms with E-state index in [4.69, 9.17) is 4.74 Å². The molecule has 110 valence electrons. The molecule has 0 saturated heterocycles. The van der Waals surface area contributed by atoms with Crippen LogP contribution in [-0.4, -0.2) is 10.9 Å². The van der Waals surface area contributed by atoms with Gasteiger partial charge < -0.3 is 4.74 Å². The van der Waals surface area contributed by atoms with E-state index in [1.807, 2.05) is 30.3 Å². The molecule has 0 aliphatic rings. The number of benzene rings is 2. The first-order valence-corrected chi connectivity index (χ1v) is 8.13. The summed E-state index contributed by atoms with van der Waals surface area (Å²) >= 11 is 4.76. The second kappa shape index (κ2) is 6.72. The number of nitrogens with zero attached hydrogens (tertiary/aromatic N) is 1. The van der Waals surface area contributed by atoms with Crippen LogP contribution in [-0.2, 0) is 0 Å². The topological polar surface area (TPSA) is 51.2 Å². The number of amides is 1. The monoisotopic (exact) mass is 374 g/mol. The number of ether oxygens (including phenoxy) is 1. The van der Waals surface area contributed by atoms with Gasteiger partial charge in [0.15, 0.2) is 5.13 Å². The third kappa shape index (κ3) is 3.52. The molecule has 22 heavy (non-hydrogen) atoms. The maximum Gasteiger partial charge on any atom is 0.261 e. The average molecular weight is 375 g/mol. The number of nitrogens with one attached hydrogen (secondary N) is 1. The number of carbonyl (C=O) groups is 1. The van der Waals surface area contributed by atoms with Crippen molar-refractivity contribution in [2.45, 2.75) is 0 Å². The van der Waals surface area contributed by atoms with Crippen molar-refractivity contribution in [2.75, 3.05) is 5.32 Å². The number of anilines is 1. The standard InChI is InChI=1S/C16H11BrN2O2S/c17-11-4-3-5-12(10-11)21-14-7-2-1-6-13(14)15(20)19-16-18-8-9-22-16/h1-10H,(H,18,19,20). The third-order valence-corrected chi connectivity index (χ3v) is 3.99. The number of hydrogen-bond donors (Lipinski definition) is 1. The number of para-hydroxylation sites is 1. The Hall–Kier alpha value is -2.18. The van der Waals surface area contributed by atoms with Crippen LogP contribution in [0.3, 0.4) is 0 Å². The van der Waals surface area contributed by atoms with Gasteiger partial charge in [0.25, 0.3) is 5.91 Å². The minimum absolute atomic E-state index is 0.249. The summed E-state index contributed by atoms with van der Waals surface area (Å²) in [5, 5.41) is 5.12. The zero-order valence-electron chi connectivity index (χ0n) is 11.3. The highest BCUT2D eigenvalue weighted by Crippen LogP contribution is 2.28. The summed E-state index contributed by atoms with van der Waals surface area (Å²) < 4.78 is 6.73. The third-order valence-electron chi connectivity index (χ3n) is 2.81. The van der Waals surface area contributed by atoms with Gasteiger partial charge in [0.1, 0.15) is 11.5 Å². The fourth-order valence-corrected chi connectivity index (χ4v) is 2.75. The van der Waals surface area contributed by atoms with Crippen LogP contribution in [0.5, 0.6) is 11.5 Å². The second-order valence-corrected chi connectivity index (χ2v) is 6.16. The molecule has 0 unspecified atom stereocenters. The number of halogens is 1. The molecular weight excluding hydrogens is 364 g/mol. The molecule has 0 fully saturated rings. The van der Waals surface area contributed by atoms with E-state index >= 15 is 0 Å². The second-order valence-electron chi connectivity index (χ2n) is 4.35. The normalized spacial score (nSPS) is 10.2. The van der Waals surface area contributed by atoms with Crippen molar-refractivity contribution in [3.05, 3.63) is 70.1 Å². The lowest BCUT2D eigenvalue weighted by Gasteiger charge is -2.10. The first-order valence-electron chi connectivity index (χ1n) is 6.46. The van der Waals surface area contributed by atoms with E-state index in [0.29, 0.717) is 22.2 Å². The van der Waals surface area contributed by atoms with Crippen LogP contribution in [0, 0.1) is 0 Å². The highest BCUT2D eigenvalue weighted by atomic mass is 79.9. The molecule has 0 bridgehead atoms. The van der Waals surface area contributed by atoms with Gasteiger partial charge in [-0.1, -0.05) is 34.1 Å². The maximum absolute atomic E-state index is 12.4. The Balaban J connectivity index is 1.85. The zero-order valence-corrected chi connectivity index (χ0v) is 13.7. The van der Waals surface area contributed by atoms with Gasteiger partial charge in [-0.2, -0.15) is 0 Å². The van der Waals surface area contributed by atoms with Gasteiger partial charge >= 0.3 is 0 Å². The number of carbonyl (C=O) groups excluding carboxylic acids is 1. The van der Waals surface area contributed by atoms with Crippen LogP contribution in [0.1, 0.15) is 10.4 Å². The van der Waals surface area contributed by atoms with Crippen LogP contribution in [0.2, 0.25) is 0 Å². The first-order chi connectivity index (χ1) is 10.7. The van der Waals surface area contributed by atoms with Gasteiger partial charge in [0.2, 0.25) is 0 Å². The maximum atomic E-state index is 12.4. The molecule has 2 aromatic carbocycles. The molecule has 1 heterocycles. The predicted octanol–water partition coefficient (Wildman–Crippen LogP) is 4.95. The summed E-state index contributed by atoms with van der Waals surface area (Å²) in [4.78, 5) is 16.4. The van der Waals surface area contributed by atoms with Crippen molar-refractivity contribution in [1.82, 2.24) is 4.98 Å². The van der Waals surface area contributed by atoms with Crippen LogP contribution in [0.15, 0.2) is 64.6 Å². The average Bonchev–Trinajstić information content (AvgIpc) is 3.01. The van der Waals surface area contributed by atoms with Crippen LogP contribution >= 0.6 is 27.3 Å². The quantitative estimate of drug-likeness (QED) is 0.702. The Bertz CT molecular complexity index is 790. The Kier molecular flexibility index (Phi) is 4.50. The molecule has 3 aromatic rings. The van der Waals surface area contributed by atoms with E-state index in [0.717, 1.165) is 4.47 Å². The molecule has 0 radical (unpaired) electrons. The van der Waals surface area contributed by atoms with E-state index < -0.39 is 0 Å². The molecule has 1 N–H and O–H groups in total. The van der Waals surface area contributed by atoms with Crippen molar-refractivity contribution < 1.29 is 9.53 Å². The van der Waals surface area contributed by atoms with Gasteiger partial charge in [-0.05, 0) is 30.3 Å². The van der Waals surface area contributed by atoms with Crippen molar-refractivity contribution in [2.24, 2.45) is 0 Å². The highest BCUT2D eigenvalue weighted by molar-refractivity contribution is 9.10. The summed E-state index contributed by atoms with van der Waals surface area (Å²) in [6.07, 6.45) is 1.64. The lowest BCUT2D eigenvalue weighted by Crippen LogP contribution is -2.12. The van der Waals surface area contributed by atoms with Gasteiger partial charge in [-0.25, -0.2) is 4.98 Å². The Morgan fingerprint density at radius 2 is 2.05 bits per heavy atom. The Morgan fingerprint density at radius 1 is 1.18 bits per heavy atom. The smallest absolute Gasteiger partial charge is 0.261 e. The summed E-state index contributed by atoms with van der Waals surface area (Å²) in [6, 6.07) is 14.6. The van der Waals surface area contributed by atoms with Crippen molar-refractivity contribution >= 4 is 38.3 Å². The lowest BCUT2D eigenvalue weighted by molar-refractivity contribution is 0.102. The molecule has 0 aliphatic carbocycles.